The second-order valence-corrected chi connectivity index (χ2v) is 5.70. The summed E-state index contributed by atoms with van der Waals surface area (Å²) in [6.45, 7) is 4.46. The van der Waals surface area contributed by atoms with E-state index in [4.69, 9.17) is 9.47 Å². The van der Waals surface area contributed by atoms with Crippen LogP contribution in [0.1, 0.15) is 25.8 Å². The van der Waals surface area contributed by atoms with Crippen molar-refractivity contribution in [3.8, 4) is 11.5 Å². The summed E-state index contributed by atoms with van der Waals surface area (Å²) in [5, 5.41) is 0. The molecule has 0 saturated carbocycles. The maximum Gasteiger partial charge on any atom is 0.122 e. The first-order valence-corrected chi connectivity index (χ1v) is 6.84. The van der Waals surface area contributed by atoms with Gasteiger partial charge in [-0.25, -0.2) is 0 Å². The summed E-state index contributed by atoms with van der Waals surface area (Å²) in [6.07, 6.45) is 2.15. The lowest BCUT2D eigenvalue weighted by Crippen LogP contribution is -2.08. The standard InChI is InChI=1S/C14H21BrO2/c1-10(2)14(15)6-5-11-7-12(16-3)9-13(8-11)17-4/h7-10,14H,5-6H2,1-4H3. The van der Waals surface area contributed by atoms with Gasteiger partial charge in [-0.2, -0.15) is 0 Å². The average Bonchev–Trinajstić information content (AvgIpc) is 2.35. The molecule has 0 amide bonds. The monoisotopic (exact) mass is 300 g/mol. The summed E-state index contributed by atoms with van der Waals surface area (Å²) in [7, 11) is 3.36. The third-order valence-electron chi connectivity index (χ3n) is 2.84. The SMILES string of the molecule is COc1cc(CCC(Br)C(C)C)cc(OC)c1. The molecule has 1 rings (SSSR count). The quantitative estimate of drug-likeness (QED) is 0.738. The van der Waals surface area contributed by atoms with E-state index in [-0.39, 0.29) is 0 Å². The van der Waals surface area contributed by atoms with Gasteiger partial charge in [0.2, 0.25) is 0 Å². The van der Waals surface area contributed by atoms with E-state index in [1.54, 1.807) is 14.2 Å². The predicted molar refractivity (Wildman–Crippen MR) is 75.4 cm³/mol. The number of ether oxygens (including phenoxy) is 2. The lowest BCUT2D eigenvalue weighted by Gasteiger charge is -2.14. The smallest absolute Gasteiger partial charge is 0.122 e. The molecular formula is C14H21BrO2. The summed E-state index contributed by atoms with van der Waals surface area (Å²) in [4.78, 5) is 0.555. The normalized spacial score (nSPS) is 12.6. The molecule has 1 aromatic rings. The molecule has 1 atom stereocenters. The molecule has 0 spiro atoms. The zero-order chi connectivity index (χ0) is 12.8. The Kier molecular flexibility index (Phi) is 5.83. The highest BCUT2D eigenvalue weighted by Gasteiger charge is 2.10. The predicted octanol–water partition coefficient (Wildman–Crippen LogP) is 4.06. The molecule has 0 N–H and O–H groups in total. The van der Waals surface area contributed by atoms with Gasteiger partial charge in [0.25, 0.3) is 0 Å². The summed E-state index contributed by atoms with van der Waals surface area (Å²) in [5.74, 6) is 2.37. The Morgan fingerprint density at radius 3 is 2.00 bits per heavy atom. The summed E-state index contributed by atoms with van der Waals surface area (Å²) in [5.41, 5.74) is 1.26. The van der Waals surface area contributed by atoms with Gasteiger partial charge in [-0.1, -0.05) is 29.8 Å². The van der Waals surface area contributed by atoms with Crippen LogP contribution in [0.5, 0.6) is 11.5 Å². The van der Waals surface area contributed by atoms with Gasteiger partial charge in [0, 0.05) is 10.9 Å². The third kappa shape index (κ3) is 4.58. The van der Waals surface area contributed by atoms with Crippen LogP contribution in [-0.2, 0) is 6.42 Å². The van der Waals surface area contributed by atoms with Crippen LogP contribution in [-0.4, -0.2) is 19.0 Å². The van der Waals surface area contributed by atoms with E-state index in [1.807, 2.05) is 6.07 Å². The second-order valence-electron chi connectivity index (χ2n) is 4.52. The maximum absolute atomic E-state index is 5.26. The molecule has 96 valence electrons. The Balaban J connectivity index is 2.70. The van der Waals surface area contributed by atoms with Crippen LogP contribution in [0.15, 0.2) is 18.2 Å². The van der Waals surface area contributed by atoms with Gasteiger partial charge in [0.15, 0.2) is 0 Å². The number of halogens is 1. The molecule has 0 saturated heterocycles. The Bertz CT molecular complexity index is 328. The van der Waals surface area contributed by atoms with E-state index >= 15 is 0 Å². The van der Waals surface area contributed by atoms with Crippen molar-refractivity contribution in [2.24, 2.45) is 5.92 Å². The van der Waals surface area contributed by atoms with Crippen LogP contribution in [0.25, 0.3) is 0 Å². The number of hydrogen-bond donors (Lipinski definition) is 0. The van der Waals surface area contributed by atoms with Gasteiger partial charge < -0.3 is 9.47 Å². The maximum atomic E-state index is 5.26. The molecule has 0 aliphatic rings. The minimum atomic E-state index is 0.555. The first-order chi connectivity index (χ1) is 8.06. The number of rotatable bonds is 6. The van der Waals surface area contributed by atoms with Crippen LogP contribution in [0.3, 0.4) is 0 Å². The molecular weight excluding hydrogens is 280 g/mol. The third-order valence-corrected chi connectivity index (χ3v) is 4.36. The Labute approximate surface area is 112 Å². The fraction of sp³-hybridized carbons (Fsp3) is 0.571. The molecule has 17 heavy (non-hydrogen) atoms. The van der Waals surface area contributed by atoms with Crippen LogP contribution in [0, 0.1) is 5.92 Å². The summed E-state index contributed by atoms with van der Waals surface area (Å²) in [6, 6.07) is 6.04. The lowest BCUT2D eigenvalue weighted by atomic mass is 10.0. The topological polar surface area (TPSA) is 18.5 Å². The summed E-state index contributed by atoms with van der Waals surface area (Å²) >= 11 is 3.71. The van der Waals surface area contributed by atoms with Crippen molar-refractivity contribution in [2.75, 3.05) is 14.2 Å². The molecule has 1 unspecified atom stereocenters. The summed E-state index contributed by atoms with van der Waals surface area (Å²) < 4.78 is 10.5. The second kappa shape index (κ2) is 6.90. The molecule has 0 fully saturated rings. The van der Waals surface area contributed by atoms with Crippen molar-refractivity contribution in [3.05, 3.63) is 23.8 Å². The fourth-order valence-corrected chi connectivity index (χ4v) is 1.88. The first-order valence-electron chi connectivity index (χ1n) is 5.92. The fourth-order valence-electron chi connectivity index (χ4n) is 1.65. The highest BCUT2D eigenvalue weighted by molar-refractivity contribution is 9.09. The molecule has 1 aromatic carbocycles. The van der Waals surface area contributed by atoms with Crippen molar-refractivity contribution >= 4 is 15.9 Å². The van der Waals surface area contributed by atoms with Crippen molar-refractivity contribution in [1.82, 2.24) is 0 Å². The van der Waals surface area contributed by atoms with Crippen molar-refractivity contribution in [1.29, 1.82) is 0 Å². The minimum Gasteiger partial charge on any atom is -0.497 e. The van der Waals surface area contributed by atoms with Gasteiger partial charge in [-0.05, 0) is 36.5 Å². The number of benzene rings is 1. The van der Waals surface area contributed by atoms with E-state index < -0.39 is 0 Å². The van der Waals surface area contributed by atoms with Crippen LogP contribution < -0.4 is 9.47 Å². The number of hydrogen-bond acceptors (Lipinski definition) is 2. The van der Waals surface area contributed by atoms with Crippen LogP contribution in [0.2, 0.25) is 0 Å². The number of methoxy groups -OCH3 is 2. The highest BCUT2D eigenvalue weighted by Crippen LogP contribution is 2.25. The number of alkyl halides is 1. The van der Waals surface area contributed by atoms with E-state index in [9.17, 15) is 0 Å². The van der Waals surface area contributed by atoms with Crippen molar-refractivity contribution < 1.29 is 9.47 Å². The van der Waals surface area contributed by atoms with Crippen LogP contribution >= 0.6 is 15.9 Å². The Morgan fingerprint density at radius 1 is 1.06 bits per heavy atom. The molecule has 3 heteroatoms. The van der Waals surface area contributed by atoms with E-state index in [2.05, 4.69) is 41.9 Å². The molecule has 0 aliphatic heterocycles. The van der Waals surface area contributed by atoms with E-state index in [0.29, 0.717) is 10.7 Å². The molecule has 0 bridgehead atoms. The first kappa shape index (κ1) is 14.4. The minimum absolute atomic E-state index is 0.555. The number of aryl methyl sites for hydroxylation is 1. The van der Waals surface area contributed by atoms with Gasteiger partial charge in [-0.3, -0.25) is 0 Å². The molecule has 0 heterocycles. The zero-order valence-corrected chi connectivity index (χ0v) is 12.6. The molecule has 2 nitrogen and oxygen atoms in total. The zero-order valence-electron chi connectivity index (χ0n) is 11.0. The Hall–Kier alpha value is -0.700. The van der Waals surface area contributed by atoms with Gasteiger partial charge in [0.1, 0.15) is 11.5 Å². The van der Waals surface area contributed by atoms with Gasteiger partial charge in [0.05, 0.1) is 14.2 Å². The molecule has 0 aromatic heterocycles. The van der Waals surface area contributed by atoms with Gasteiger partial charge >= 0.3 is 0 Å². The Morgan fingerprint density at radius 2 is 1.59 bits per heavy atom. The average molecular weight is 301 g/mol. The largest absolute Gasteiger partial charge is 0.497 e. The van der Waals surface area contributed by atoms with Crippen molar-refractivity contribution in [2.45, 2.75) is 31.5 Å². The van der Waals surface area contributed by atoms with Crippen molar-refractivity contribution in [3.63, 3.8) is 0 Å². The van der Waals surface area contributed by atoms with E-state index in [1.165, 1.54) is 5.56 Å². The van der Waals surface area contributed by atoms with Crippen LogP contribution in [0.4, 0.5) is 0 Å². The lowest BCUT2D eigenvalue weighted by molar-refractivity contribution is 0.393. The van der Waals surface area contributed by atoms with E-state index in [0.717, 1.165) is 24.3 Å². The molecule has 0 radical (unpaired) electrons. The molecule has 0 aliphatic carbocycles. The highest BCUT2D eigenvalue weighted by atomic mass is 79.9. The van der Waals surface area contributed by atoms with Gasteiger partial charge in [-0.15, -0.1) is 0 Å².